The van der Waals surface area contributed by atoms with Crippen molar-refractivity contribution >= 4 is 0 Å². The van der Waals surface area contributed by atoms with Crippen LogP contribution in [0.4, 0.5) is 0 Å². The minimum atomic E-state index is 0.731. The standard InChI is InChI=1S/C18H30N2O/c1-20(2)13-14-21-18-9-7-17(8-10-18)16-5-3-15(4-6-16)11-12-19/h7-10,15-16H,3-6,11-14,19H2,1-2H3. The average molecular weight is 290 g/mol. The van der Waals surface area contributed by atoms with Gasteiger partial charge in [0, 0.05) is 6.54 Å². The highest BCUT2D eigenvalue weighted by Crippen LogP contribution is 2.37. The molecule has 0 bridgehead atoms. The highest BCUT2D eigenvalue weighted by atomic mass is 16.5. The van der Waals surface area contributed by atoms with Crippen molar-refractivity contribution < 1.29 is 4.74 Å². The zero-order chi connectivity index (χ0) is 15.1. The Morgan fingerprint density at radius 1 is 1.10 bits per heavy atom. The SMILES string of the molecule is CN(C)CCOc1ccc(C2CCC(CCN)CC2)cc1. The highest BCUT2D eigenvalue weighted by molar-refractivity contribution is 5.29. The number of rotatable bonds is 7. The second-order valence-electron chi connectivity index (χ2n) is 6.52. The molecule has 2 rings (SSSR count). The van der Waals surface area contributed by atoms with Crippen LogP contribution in [0.25, 0.3) is 0 Å². The van der Waals surface area contributed by atoms with Gasteiger partial charge in [-0.05, 0) is 82.3 Å². The van der Waals surface area contributed by atoms with Gasteiger partial charge in [0.2, 0.25) is 0 Å². The summed E-state index contributed by atoms with van der Waals surface area (Å²) >= 11 is 0. The molecule has 21 heavy (non-hydrogen) atoms. The van der Waals surface area contributed by atoms with E-state index in [1.165, 1.54) is 37.7 Å². The molecule has 0 atom stereocenters. The molecule has 0 heterocycles. The zero-order valence-corrected chi connectivity index (χ0v) is 13.6. The largest absolute Gasteiger partial charge is 0.492 e. The Kier molecular flexibility index (Phi) is 6.52. The van der Waals surface area contributed by atoms with Gasteiger partial charge in [-0.1, -0.05) is 12.1 Å². The fourth-order valence-electron chi connectivity index (χ4n) is 3.20. The van der Waals surface area contributed by atoms with Crippen molar-refractivity contribution in [3.63, 3.8) is 0 Å². The summed E-state index contributed by atoms with van der Waals surface area (Å²) in [6.45, 7) is 2.54. The van der Waals surface area contributed by atoms with Gasteiger partial charge < -0.3 is 15.4 Å². The Balaban J connectivity index is 1.79. The third-order valence-electron chi connectivity index (χ3n) is 4.58. The van der Waals surface area contributed by atoms with Crippen LogP contribution in [0.15, 0.2) is 24.3 Å². The molecule has 1 aromatic rings. The van der Waals surface area contributed by atoms with Crippen LogP contribution in [0.1, 0.15) is 43.6 Å². The van der Waals surface area contributed by atoms with Gasteiger partial charge in [0.1, 0.15) is 12.4 Å². The molecule has 1 fully saturated rings. The molecule has 118 valence electrons. The maximum absolute atomic E-state index is 5.75. The number of hydrogen-bond acceptors (Lipinski definition) is 3. The van der Waals surface area contributed by atoms with Crippen molar-refractivity contribution in [3.05, 3.63) is 29.8 Å². The molecular weight excluding hydrogens is 260 g/mol. The molecule has 0 aromatic heterocycles. The predicted molar refractivity (Wildman–Crippen MR) is 88.9 cm³/mol. The Morgan fingerprint density at radius 2 is 1.76 bits per heavy atom. The maximum atomic E-state index is 5.75. The Hall–Kier alpha value is -1.06. The van der Waals surface area contributed by atoms with E-state index in [2.05, 4.69) is 43.3 Å². The lowest BCUT2D eigenvalue weighted by molar-refractivity contribution is 0.261. The summed E-state index contributed by atoms with van der Waals surface area (Å²) in [4.78, 5) is 2.13. The first-order valence-corrected chi connectivity index (χ1v) is 8.26. The number of nitrogens with zero attached hydrogens (tertiary/aromatic N) is 1. The Labute approximate surface area is 129 Å². The van der Waals surface area contributed by atoms with E-state index in [0.29, 0.717) is 0 Å². The topological polar surface area (TPSA) is 38.5 Å². The van der Waals surface area contributed by atoms with Gasteiger partial charge in [0.05, 0.1) is 0 Å². The number of ether oxygens (including phenoxy) is 1. The summed E-state index contributed by atoms with van der Waals surface area (Å²) in [5, 5.41) is 0. The fraction of sp³-hybridized carbons (Fsp3) is 0.667. The van der Waals surface area contributed by atoms with Crippen LogP contribution >= 0.6 is 0 Å². The predicted octanol–water partition coefficient (Wildman–Crippen LogP) is 3.25. The van der Waals surface area contributed by atoms with Gasteiger partial charge in [-0.2, -0.15) is 0 Å². The number of benzene rings is 1. The lowest BCUT2D eigenvalue weighted by atomic mass is 9.77. The zero-order valence-electron chi connectivity index (χ0n) is 13.6. The van der Waals surface area contributed by atoms with Crippen LogP contribution in [0.3, 0.4) is 0 Å². The Bertz CT molecular complexity index is 394. The van der Waals surface area contributed by atoms with Gasteiger partial charge in [0.25, 0.3) is 0 Å². The number of likely N-dealkylation sites (N-methyl/N-ethyl adjacent to an activating group) is 1. The van der Waals surface area contributed by atoms with Crippen LogP contribution in [0, 0.1) is 5.92 Å². The molecule has 3 heteroatoms. The Morgan fingerprint density at radius 3 is 2.33 bits per heavy atom. The van der Waals surface area contributed by atoms with Crippen LogP contribution < -0.4 is 10.5 Å². The van der Waals surface area contributed by atoms with E-state index in [1.54, 1.807) is 0 Å². The average Bonchev–Trinajstić information content (AvgIpc) is 2.49. The normalized spacial score (nSPS) is 22.5. The second kappa shape index (κ2) is 8.40. The van der Waals surface area contributed by atoms with Crippen molar-refractivity contribution in [2.75, 3.05) is 33.8 Å². The lowest BCUT2D eigenvalue weighted by Crippen LogP contribution is -2.19. The summed E-state index contributed by atoms with van der Waals surface area (Å²) in [5.41, 5.74) is 7.14. The molecule has 0 radical (unpaired) electrons. The summed E-state index contributed by atoms with van der Waals surface area (Å²) in [6, 6.07) is 8.74. The molecule has 3 nitrogen and oxygen atoms in total. The van der Waals surface area contributed by atoms with E-state index < -0.39 is 0 Å². The van der Waals surface area contributed by atoms with Crippen molar-refractivity contribution in [2.45, 2.75) is 38.0 Å². The summed E-state index contributed by atoms with van der Waals surface area (Å²) in [5.74, 6) is 2.58. The van der Waals surface area contributed by atoms with E-state index in [1.807, 2.05) is 0 Å². The van der Waals surface area contributed by atoms with Crippen molar-refractivity contribution in [2.24, 2.45) is 11.7 Å². The summed E-state index contributed by atoms with van der Waals surface area (Å²) in [7, 11) is 4.13. The van der Waals surface area contributed by atoms with Crippen molar-refractivity contribution in [3.8, 4) is 5.75 Å². The molecule has 0 spiro atoms. The molecule has 0 amide bonds. The van der Waals surface area contributed by atoms with Gasteiger partial charge >= 0.3 is 0 Å². The van der Waals surface area contributed by atoms with Crippen LogP contribution in [0.2, 0.25) is 0 Å². The van der Waals surface area contributed by atoms with Gasteiger partial charge in [0.15, 0.2) is 0 Å². The molecule has 0 unspecified atom stereocenters. The van der Waals surface area contributed by atoms with Crippen LogP contribution in [0.5, 0.6) is 5.75 Å². The van der Waals surface area contributed by atoms with Crippen LogP contribution in [-0.4, -0.2) is 38.7 Å². The van der Waals surface area contributed by atoms with E-state index in [0.717, 1.165) is 37.3 Å². The molecule has 1 aromatic carbocycles. The minimum Gasteiger partial charge on any atom is -0.492 e. The third kappa shape index (κ3) is 5.33. The lowest BCUT2D eigenvalue weighted by Gasteiger charge is -2.28. The summed E-state index contributed by atoms with van der Waals surface area (Å²) in [6.07, 6.45) is 6.49. The van der Waals surface area contributed by atoms with Gasteiger partial charge in [-0.15, -0.1) is 0 Å². The smallest absolute Gasteiger partial charge is 0.119 e. The first-order chi connectivity index (χ1) is 10.2. The van der Waals surface area contributed by atoms with E-state index >= 15 is 0 Å². The third-order valence-corrected chi connectivity index (χ3v) is 4.58. The monoisotopic (exact) mass is 290 g/mol. The quantitative estimate of drug-likeness (QED) is 0.838. The molecule has 1 aliphatic rings. The molecule has 0 saturated heterocycles. The maximum Gasteiger partial charge on any atom is 0.119 e. The van der Waals surface area contributed by atoms with Crippen molar-refractivity contribution in [1.82, 2.24) is 4.90 Å². The van der Waals surface area contributed by atoms with Gasteiger partial charge in [-0.25, -0.2) is 0 Å². The number of nitrogens with two attached hydrogens (primary N) is 1. The molecule has 0 aliphatic heterocycles. The fourth-order valence-corrected chi connectivity index (χ4v) is 3.20. The second-order valence-corrected chi connectivity index (χ2v) is 6.52. The van der Waals surface area contributed by atoms with Crippen molar-refractivity contribution in [1.29, 1.82) is 0 Å². The number of hydrogen-bond donors (Lipinski definition) is 1. The molecule has 1 saturated carbocycles. The first kappa shape index (κ1) is 16.3. The summed E-state index contributed by atoms with van der Waals surface area (Å²) < 4.78 is 5.75. The minimum absolute atomic E-state index is 0.731. The van der Waals surface area contributed by atoms with E-state index in [4.69, 9.17) is 10.5 Å². The molecule has 2 N–H and O–H groups in total. The first-order valence-electron chi connectivity index (χ1n) is 8.26. The van der Waals surface area contributed by atoms with Crippen LogP contribution in [-0.2, 0) is 0 Å². The van der Waals surface area contributed by atoms with E-state index in [-0.39, 0.29) is 0 Å². The highest BCUT2D eigenvalue weighted by Gasteiger charge is 2.21. The van der Waals surface area contributed by atoms with E-state index in [9.17, 15) is 0 Å². The molecular formula is C18H30N2O. The van der Waals surface area contributed by atoms with Gasteiger partial charge in [-0.3, -0.25) is 0 Å². The molecule has 1 aliphatic carbocycles.